The van der Waals surface area contributed by atoms with Gasteiger partial charge in [0.1, 0.15) is 11.5 Å². The highest BCUT2D eigenvalue weighted by molar-refractivity contribution is 7.98. The Morgan fingerprint density at radius 2 is 2.11 bits per heavy atom. The number of amides is 2. The van der Waals surface area contributed by atoms with E-state index in [1.807, 2.05) is 26.2 Å². The van der Waals surface area contributed by atoms with E-state index in [-0.39, 0.29) is 6.03 Å². The molecule has 0 bridgehead atoms. The van der Waals surface area contributed by atoms with Crippen LogP contribution in [0, 0.1) is 0 Å². The number of nitrogens with zero attached hydrogens (tertiary/aromatic N) is 1. The Balaban J connectivity index is 2.15. The Kier molecular flexibility index (Phi) is 6.67. The van der Waals surface area contributed by atoms with Gasteiger partial charge in [0.15, 0.2) is 0 Å². The van der Waals surface area contributed by atoms with Gasteiger partial charge in [0.05, 0.1) is 12.3 Å². The molecular formula is C12H21N3O2S. The summed E-state index contributed by atoms with van der Waals surface area (Å²) in [6.45, 7) is 1.48. The number of rotatable bonds is 7. The summed E-state index contributed by atoms with van der Waals surface area (Å²) >= 11 is 1.74. The van der Waals surface area contributed by atoms with Crippen molar-refractivity contribution in [3.05, 3.63) is 23.7 Å². The van der Waals surface area contributed by atoms with Gasteiger partial charge in [-0.3, -0.25) is 0 Å². The first-order chi connectivity index (χ1) is 8.61. The molecule has 0 aromatic carbocycles. The number of urea groups is 1. The first kappa shape index (κ1) is 14.9. The molecule has 0 saturated heterocycles. The molecule has 2 N–H and O–H groups in total. The quantitative estimate of drug-likeness (QED) is 0.738. The minimum atomic E-state index is -0.137. The fraction of sp³-hybridized carbons (Fsp3) is 0.583. The Morgan fingerprint density at radius 3 is 2.78 bits per heavy atom. The van der Waals surface area contributed by atoms with Crippen molar-refractivity contribution >= 4 is 17.8 Å². The van der Waals surface area contributed by atoms with Crippen LogP contribution in [-0.2, 0) is 12.3 Å². The zero-order valence-corrected chi connectivity index (χ0v) is 12.0. The first-order valence-corrected chi connectivity index (χ1v) is 7.03. The molecule has 0 spiro atoms. The van der Waals surface area contributed by atoms with Crippen molar-refractivity contribution < 1.29 is 9.21 Å². The van der Waals surface area contributed by atoms with Crippen molar-refractivity contribution in [1.29, 1.82) is 0 Å². The highest BCUT2D eigenvalue weighted by Crippen LogP contribution is 2.15. The number of thioether (sulfide) groups is 1. The number of carbonyl (C=O) groups is 1. The van der Waals surface area contributed by atoms with Gasteiger partial charge in [-0.05, 0) is 26.2 Å². The summed E-state index contributed by atoms with van der Waals surface area (Å²) in [5, 5.41) is 5.25. The van der Waals surface area contributed by atoms with Gasteiger partial charge in [0.2, 0.25) is 0 Å². The predicted molar refractivity (Wildman–Crippen MR) is 74.7 cm³/mol. The zero-order valence-electron chi connectivity index (χ0n) is 11.2. The van der Waals surface area contributed by atoms with Crippen LogP contribution >= 0.6 is 11.8 Å². The molecule has 6 heteroatoms. The van der Waals surface area contributed by atoms with Crippen LogP contribution in [0.1, 0.15) is 11.5 Å². The van der Waals surface area contributed by atoms with E-state index in [2.05, 4.69) is 15.5 Å². The van der Waals surface area contributed by atoms with E-state index in [0.717, 1.165) is 29.6 Å². The lowest BCUT2D eigenvalue weighted by Gasteiger charge is -2.06. The van der Waals surface area contributed by atoms with Crippen LogP contribution in [0.5, 0.6) is 0 Å². The number of hydrogen-bond acceptors (Lipinski definition) is 4. The summed E-state index contributed by atoms with van der Waals surface area (Å²) in [5.74, 6) is 3.68. The van der Waals surface area contributed by atoms with Crippen LogP contribution in [0.15, 0.2) is 16.5 Å². The van der Waals surface area contributed by atoms with Crippen LogP contribution in [-0.4, -0.2) is 44.4 Å². The van der Waals surface area contributed by atoms with Crippen molar-refractivity contribution in [3.8, 4) is 0 Å². The van der Waals surface area contributed by atoms with E-state index in [4.69, 9.17) is 4.42 Å². The summed E-state index contributed by atoms with van der Waals surface area (Å²) in [6, 6.07) is 3.89. The first-order valence-electron chi connectivity index (χ1n) is 5.87. The van der Waals surface area contributed by atoms with Crippen molar-refractivity contribution in [1.82, 2.24) is 15.5 Å². The molecule has 0 unspecified atom stereocenters. The van der Waals surface area contributed by atoms with Gasteiger partial charge >= 0.3 is 6.03 Å². The minimum Gasteiger partial charge on any atom is -0.464 e. The summed E-state index contributed by atoms with van der Waals surface area (Å²) < 4.78 is 5.68. The van der Waals surface area contributed by atoms with Crippen molar-refractivity contribution in [2.24, 2.45) is 0 Å². The van der Waals surface area contributed by atoms with E-state index in [1.165, 1.54) is 0 Å². The number of hydrogen-bond donors (Lipinski definition) is 2. The summed E-state index contributed by atoms with van der Waals surface area (Å²) in [6.07, 6.45) is 0. The van der Waals surface area contributed by atoms with Gasteiger partial charge in [-0.25, -0.2) is 4.79 Å². The summed E-state index contributed by atoms with van der Waals surface area (Å²) in [4.78, 5) is 13.0. The second kappa shape index (κ2) is 8.05. The molecular weight excluding hydrogens is 250 g/mol. The van der Waals surface area contributed by atoms with Gasteiger partial charge in [-0.15, -0.1) is 0 Å². The maximum absolute atomic E-state index is 10.9. The fourth-order valence-corrected chi connectivity index (χ4v) is 2.14. The van der Waals surface area contributed by atoms with Crippen molar-refractivity contribution in [2.75, 3.05) is 33.4 Å². The largest absolute Gasteiger partial charge is 0.464 e. The van der Waals surface area contributed by atoms with E-state index in [9.17, 15) is 4.79 Å². The molecule has 18 heavy (non-hydrogen) atoms. The molecule has 0 radical (unpaired) electrons. The molecule has 5 nitrogen and oxygen atoms in total. The molecule has 0 aliphatic rings. The smallest absolute Gasteiger partial charge is 0.314 e. The molecule has 0 aliphatic carbocycles. The lowest BCUT2D eigenvalue weighted by atomic mass is 10.4. The predicted octanol–water partition coefficient (Wildman–Crippen LogP) is 1.50. The molecule has 2 amide bonds. The average molecular weight is 271 g/mol. The van der Waals surface area contributed by atoms with Crippen molar-refractivity contribution in [2.45, 2.75) is 12.3 Å². The molecule has 102 valence electrons. The standard InChI is InChI=1S/C12H21N3O2S/c1-13-12(16)14-6-7-18-9-11-5-4-10(17-11)8-15(2)3/h4-5H,6-9H2,1-3H3,(H2,13,14,16). The fourth-order valence-electron chi connectivity index (χ4n) is 1.39. The monoisotopic (exact) mass is 271 g/mol. The van der Waals surface area contributed by atoms with Crippen molar-refractivity contribution in [3.63, 3.8) is 0 Å². The molecule has 0 aliphatic heterocycles. The molecule has 0 fully saturated rings. The highest BCUT2D eigenvalue weighted by Gasteiger charge is 2.03. The third-order valence-electron chi connectivity index (χ3n) is 2.19. The SMILES string of the molecule is CNC(=O)NCCSCc1ccc(CN(C)C)o1. The second-order valence-electron chi connectivity index (χ2n) is 4.16. The van der Waals surface area contributed by atoms with E-state index >= 15 is 0 Å². The van der Waals surface area contributed by atoms with Crippen LogP contribution < -0.4 is 10.6 Å². The maximum Gasteiger partial charge on any atom is 0.314 e. The molecule has 1 aromatic heterocycles. The zero-order chi connectivity index (χ0) is 13.4. The molecule has 0 saturated carbocycles. The minimum absolute atomic E-state index is 0.137. The van der Waals surface area contributed by atoms with E-state index < -0.39 is 0 Å². The van der Waals surface area contributed by atoms with Gasteiger partial charge in [0.25, 0.3) is 0 Å². The summed E-state index contributed by atoms with van der Waals surface area (Å²) in [5.41, 5.74) is 0. The third kappa shape index (κ3) is 5.97. The Labute approximate surface area is 112 Å². The lowest BCUT2D eigenvalue weighted by molar-refractivity contribution is 0.243. The van der Waals surface area contributed by atoms with Crippen LogP contribution in [0.3, 0.4) is 0 Å². The van der Waals surface area contributed by atoms with E-state index in [1.54, 1.807) is 18.8 Å². The Hall–Kier alpha value is -1.14. The molecule has 0 atom stereocenters. The molecule has 1 aromatic rings. The lowest BCUT2D eigenvalue weighted by Crippen LogP contribution is -2.34. The molecule has 1 heterocycles. The number of furan rings is 1. The number of carbonyl (C=O) groups excluding carboxylic acids is 1. The Bertz CT molecular complexity index is 366. The van der Waals surface area contributed by atoms with E-state index in [0.29, 0.717) is 6.54 Å². The van der Waals surface area contributed by atoms with Gasteiger partial charge in [-0.2, -0.15) is 11.8 Å². The van der Waals surface area contributed by atoms with Gasteiger partial charge in [-0.1, -0.05) is 0 Å². The topological polar surface area (TPSA) is 57.5 Å². The third-order valence-corrected chi connectivity index (χ3v) is 3.17. The average Bonchev–Trinajstić information content (AvgIpc) is 2.75. The van der Waals surface area contributed by atoms with Crippen LogP contribution in [0.2, 0.25) is 0 Å². The van der Waals surface area contributed by atoms with Crippen LogP contribution in [0.4, 0.5) is 4.79 Å². The van der Waals surface area contributed by atoms with Gasteiger partial charge in [0, 0.05) is 19.3 Å². The maximum atomic E-state index is 10.9. The number of nitrogens with one attached hydrogen (secondary N) is 2. The van der Waals surface area contributed by atoms with Crippen LogP contribution in [0.25, 0.3) is 0 Å². The normalized spacial score (nSPS) is 10.7. The molecule has 1 rings (SSSR count). The Morgan fingerprint density at radius 1 is 1.39 bits per heavy atom. The van der Waals surface area contributed by atoms with Gasteiger partial charge < -0.3 is 20.0 Å². The summed E-state index contributed by atoms with van der Waals surface area (Å²) in [7, 11) is 5.64. The highest BCUT2D eigenvalue weighted by atomic mass is 32.2. The second-order valence-corrected chi connectivity index (χ2v) is 5.27.